The van der Waals surface area contributed by atoms with Crippen LogP contribution in [0.3, 0.4) is 0 Å². The normalized spacial score (nSPS) is 17.7. The molecule has 1 amide bonds. The van der Waals surface area contributed by atoms with E-state index in [2.05, 4.69) is 0 Å². The SMILES string of the molecule is CC(C)(C)OC(=O)COC[C@H]1CCCCN1C(=O)OCc1ccccc1. The number of piperidine rings is 1. The number of ether oxygens (including phenoxy) is 3. The Morgan fingerprint density at radius 1 is 1.15 bits per heavy atom. The lowest BCUT2D eigenvalue weighted by Gasteiger charge is -2.34. The highest BCUT2D eigenvalue weighted by atomic mass is 16.6. The van der Waals surface area contributed by atoms with E-state index in [4.69, 9.17) is 14.2 Å². The number of amides is 1. The maximum atomic E-state index is 12.4. The monoisotopic (exact) mass is 363 g/mol. The Kier molecular flexibility index (Phi) is 7.45. The van der Waals surface area contributed by atoms with Gasteiger partial charge in [0.05, 0.1) is 12.6 Å². The van der Waals surface area contributed by atoms with Crippen LogP contribution in [0.1, 0.15) is 45.6 Å². The van der Waals surface area contributed by atoms with E-state index in [0.717, 1.165) is 24.8 Å². The predicted molar refractivity (Wildman–Crippen MR) is 97.6 cm³/mol. The third kappa shape index (κ3) is 7.04. The zero-order valence-electron chi connectivity index (χ0n) is 15.9. The van der Waals surface area contributed by atoms with Crippen LogP contribution in [0.2, 0.25) is 0 Å². The Hall–Kier alpha value is -2.08. The number of esters is 1. The Labute approximate surface area is 155 Å². The Balaban J connectivity index is 1.79. The highest BCUT2D eigenvalue weighted by Crippen LogP contribution is 2.19. The summed E-state index contributed by atoms with van der Waals surface area (Å²) in [6.07, 6.45) is 2.49. The van der Waals surface area contributed by atoms with Gasteiger partial charge in [-0.3, -0.25) is 0 Å². The van der Waals surface area contributed by atoms with E-state index in [1.54, 1.807) is 4.90 Å². The fraction of sp³-hybridized carbons (Fsp3) is 0.600. The first-order valence-corrected chi connectivity index (χ1v) is 9.12. The summed E-state index contributed by atoms with van der Waals surface area (Å²) in [5, 5.41) is 0. The van der Waals surface area contributed by atoms with Gasteiger partial charge in [-0.15, -0.1) is 0 Å². The summed E-state index contributed by atoms with van der Waals surface area (Å²) in [7, 11) is 0. The molecular weight excluding hydrogens is 334 g/mol. The molecule has 0 radical (unpaired) electrons. The van der Waals surface area contributed by atoms with Gasteiger partial charge in [0.15, 0.2) is 0 Å². The van der Waals surface area contributed by atoms with Crippen LogP contribution in [0.4, 0.5) is 4.79 Å². The summed E-state index contributed by atoms with van der Waals surface area (Å²) >= 11 is 0. The van der Waals surface area contributed by atoms with Gasteiger partial charge in [-0.1, -0.05) is 30.3 Å². The molecule has 26 heavy (non-hydrogen) atoms. The van der Waals surface area contributed by atoms with Crippen LogP contribution >= 0.6 is 0 Å². The average Bonchev–Trinajstić information content (AvgIpc) is 2.59. The maximum absolute atomic E-state index is 12.4. The summed E-state index contributed by atoms with van der Waals surface area (Å²) in [6.45, 7) is 6.54. The second-order valence-corrected chi connectivity index (χ2v) is 7.48. The zero-order chi connectivity index (χ0) is 19.0. The number of nitrogens with zero attached hydrogens (tertiary/aromatic N) is 1. The van der Waals surface area contributed by atoms with Crippen LogP contribution in [0, 0.1) is 0 Å². The number of hydrogen-bond acceptors (Lipinski definition) is 5. The van der Waals surface area contributed by atoms with Crippen LogP contribution in [-0.4, -0.2) is 48.4 Å². The molecule has 144 valence electrons. The second-order valence-electron chi connectivity index (χ2n) is 7.48. The fourth-order valence-corrected chi connectivity index (χ4v) is 2.87. The van der Waals surface area contributed by atoms with E-state index in [1.165, 1.54) is 0 Å². The summed E-state index contributed by atoms with van der Waals surface area (Å²) in [4.78, 5) is 25.9. The molecule has 0 saturated carbocycles. The van der Waals surface area contributed by atoms with E-state index >= 15 is 0 Å². The standard InChI is InChI=1S/C20H29NO5/c1-20(2,3)26-18(22)15-24-14-17-11-7-8-12-21(17)19(23)25-13-16-9-5-4-6-10-16/h4-6,9-10,17H,7-8,11-15H2,1-3H3/t17-/m1/s1. The van der Waals surface area contributed by atoms with Crippen molar-refractivity contribution in [2.45, 2.75) is 58.3 Å². The predicted octanol–water partition coefficient (Wildman–Crippen LogP) is 3.54. The number of benzene rings is 1. The molecule has 0 bridgehead atoms. The molecule has 2 rings (SSSR count). The highest BCUT2D eigenvalue weighted by Gasteiger charge is 2.28. The summed E-state index contributed by atoms with van der Waals surface area (Å²) < 4.78 is 16.2. The van der Waals surface area contributed by atoms with Crippen molar-refractivity contribution in [3.63, 3.8) is 0 Å². The molecule has 6 nitrogen and oxygen atoms in total. The van der Waals surface area contributed by atoms with Crippen molar-refractivity contribution in [3.05, 3.63) is 35.9 Å². The van der Waals surface area contributed by atoms with Crippen molar-refractivity contribution in [1.82, 2.24) is 4.90 Å². The third-order valence-electron chi connectivity index (χ3n) is 4.02. The number of hydrogen-bond donors (Lipinski definition) is 0. The van der Waals surface area contributed by atoms with E-state index in [0.29, 0.717) is 13.2 Å². The molecule has 1 aromatic rings. The molecule has 0 spiro atoms. The number of likely N-dealkylation sites (tertiary alicyclic amines) is 1. The molecule has 1 aliphatic rings. The van der Waals surface area contributed by atoms with Crippen molar-refractivity contribution in [2.75, 3.05) is 19.8 Å². The number of carbonyl (C=O) groups excluding carboxylic acids is 2. The van der Waals surface area contributed by atoms with Gasteiger partial charge in [-0.05, 0) is 45.6 Å². The van der Waals surface area contributed by atoms with Gasteiger partial charge in [-0.25, -0.2) is 9.59 Å². The summed E-state index contributed by atoms with van der Waals surface area (Å²) in [6, 6.07) is 9.52. The molecule has 0 aliphatic carbocycles. The van der Waals surface area contributed by atoms with Crippen LogP contribution in [0.25, 0.3) is 0 Å². The van der Waals surface area contributed by atoms with Gasteiger partial charge in [0.25, 0.3) is 0 Å². The molecule has 1 aromatic carbocycles. The van der Waals surface area contributed by atoms with Crippen LogP contribution in [0.5, 0.6) is 0 Å². The summed E-state index contributed by atoms with van der Waals surface area (Å²) in [5.41, 5.74) is 0.425. The molecule has 1 aliphatic heterocycles. The zero-order valence-corrected chi connectivity index (χ0v) is 15.9. The topological polar surface area (TPSA) is 65.1 Å². The van der Waals surface area contributed by atoms with Gasteiger partial charge >= 0.3 is 12.1 Å². The smallest absolute Gasteiger partial charge is 0.410 e. The first-order valence-electron chi connectivity index (χ1n) is 9.12. The van der Waals surface area contributed by atoms with Crippen molar-refractivity contribution in [3.8, 4) is 0 Å². The van der Waals surface area contributed by atoms with Gasteiger partial charge in [-0.2, -0.15) is 0 Å². The lowest BCUT2D eigenvalue weighted by atomic mass is 10.0. The van der Waals surface area contributed by atoms with E-state index in [1.807, 2.05) is 51.1 Å². The van der Waals surface area contributed by atoms with Gasteiger partial charge in [0.2, 0.25) is 0 Å². The van der Waals surface area contributed by atoms with Crippen molar-refractivity contribution in [1.29, 1.82) is 0 Å². The highest BCUT2D eigenvalue weighted by molar-refractivity contribution is 5.71. The van der Waals surface area contributed by atoms with Crippen molar-refractivity contribution in [2.24, 2.45) is 0 Å². The summed E-state index contributed by atoms with van der Waals surface area (Å²) in [5.74, 6) is -0.397. The minimum absolute atomic E-state index is 0.0746. The van der Waals surface area contributed by atoms with Crippen LogP contribution < -0.4 is 0 Å². The van der Waals surface area contributed by atoms with E-state index < -0.39 is 11.6 Å². The van der Waals surface area contributed by atoms with E-state index in [9.17, 15) is 9.59 Å². The third-order valence-corrected chi connectivity index (χ3v) is 4.02. The fourth-order valence-electron chi connectivity index (χ4n) is 2.87. The Bertz CT molecular complexity index is 582. The van der Waals surface area contributed by atoms with Crippen molar-refractivity contribution < 1.29 is 23.8 Å². The van der Waals surface area contributed by atoms with Gasteiger partial charge in [0.1, 0.15) is 18.8 Å². The molecule has 1 fully saturated rings. The second kappa shape index (κ2) is 9.57. The van der Waals surface area contributed by atoms with Crippen molar-refractivity contribution >= 4 is 12.1 Å². The molecule has 1 saturated heterocycles. The lowest BCUT2D eigenvalue weighted by Crippen LogP contribution is -2.46. The molecule has 1 atom stereocenters. The van der Waals surface area contributed by atoms with E-state index in [-0.39, 0.29) is 25.3 Å². The Morgan fingerprint density at radius 3 is 2.58 bits per heavy atom. The molecule has 6 heteroatoms. The molecule has 0 N–H and O–H groups in total. The van der Waals surface area contributed by atoms with Crippen LogP contribution in [0.15, 0.2) is 30.3 Å². The van der Waals surface area contributed by atoms with Gasteiger partial charge < -0.3 is 19.1 Å². The quantitative estimate of drug-likeness (QED) is 0.724. The molecule has 0 unspecified atom stereocenters. The minimum Gasteiger partial charge on any atom is -0.458 e. The average molecular weight is 363 g/mol. The number of rotatable bonds is 6. The first kappa shape index (κ1) is 20.2. The van der Waals surface area contributed by atoms with Gasteiger partial charge in [0, 0.05) is 6.54 Å². The maximum Gasteiger partial charge on any atom is 0.410 e. The molecular formula is C20H29NO5. The molecule has 1 heterocycles. The molecule has 0 aromatic heterocycles. The lowest BCUT2D eigenvalue weighted by molar-refractivity contribution is -0.160. The van der Waals surface area contributed by atoms with Crippen LogP contribution in [-0.2, 0) is 25.6 Å². The Morgan fingerprint density at radius 2 is 1.88 bits per heavy atom. The minimum atomic E-state index is -0.529. The largest absolute Gasteiger partial charge is 0.458 e. The number of carbonyl (C=O) groups is 2. The first-order chi connectivity index (χ1) is 12.3.